The lowest BCUT2D eigenvalue weighted by atomic mass is 9.63. The first-order valence-electron chi connectivity index (χ1n) is 12.9. The predicted molar refractivity (Wildman–Crippen MR) is 153 cm³/mol. The average Bonchev–Trinajstić information content (AvgIpc) is 3.36. The molecule has 6 heteroatoms. The summed E-state index contributed by atoms with van der Waals surface area (Å²) in [5, 5.41) is 3.08. The van der Waals surface area contributed by atoms with Crippen LogP contribution in [0.3, 0.4) is 0 Å². The van der Waals surface area contributed by atoms with E-state index in [0.717, 1.165) is 26.9 Å². The number of ketones is 2. The van der Waals surface area contributed by atoms with Crippen LogP contribution in [0.4, 0.5) is 11.4 Å². The number of nitrogens with zero attached hydrogens (tertiary/aromatic N) is 1. The number of carbonyl (C=O) groups is 3. The normalized spacial score (nSPS) is 25.4. The summed E-state index contributed by atoms with van der Waals surface area (Å²) in [7, 11) is 0. The van der Waals surface area contributed by atoms with Gasteiger partial charge in [-0.15, -0.1) is 0 Å². The van der Waals surface area contributed by atoms with Gasteiger partial charge in [0.2, 0.25) is 5.91 Å². The van der Waals surface area contributed by atoms with Gasteiger partial charge in [-0.3, -0.25) is 14.4 Å². The highest BCUT2D eigenvalue weighted by molar-refractivity contribution is 9.10. The minimum Gasteiger partial charge on any atom is -0.352 e. The van der Waals surface area contributed by atoms with E-state index < -0.39 is 28.8 Å². The van der Waals surface area contributed by atoms with Gasteiger partial charge in [0.25, 0.3) is 0 Å². The maximum absolute atomic E-state index is 14.7. The Morgan fingerprint density at radius 3 is 2.32 bits per heavy atom. The van der Waals surface area contributed by atoms with Crippen LogP contribution in [0.25, 0.3) is 5.57 Å². The Bertz CT molecular complexity index is 1530. The summed E-state index contributed by atoms with van der Waals surface area (Å²) in [6.45, 7) is 7.69. The Kier molecular flexibility index (Phi) is 5.55. The summed E-state index contributed by atoms with van der Waals surface area (Å²) in [5.74, 6) is -1.43. The fourth-order valence-corrected chi connectivity index (χ4v) is 6.89. The van der Waals surface area contributed by atoms with E-state index in [1.54, 1.807) is 12.1 Å². The first-order chi connectivity index (χ1) is 18.1. The zero-order chi connectivity index (χ0) is 27.0. The molecular formula is C32H29BrN2O3. The molecule has 0 bridgehead atoms. The molecule has 192 valence electrons. The molecule has 5 nitrogen and oxygen atoms in total. The molecule has 0 saturated carbocycles. The van der Waals surface area contributed by atoms with Gasteiger partial charge in [-0.1, -0.05) is 91.3 Å². The van der Waals surface area contributed by atoms with E-state index in [0.29, 0.717) is 11.3 Å². The Morgan fingerprint density at radius 2 is 1.61 bits per heavy atom. The number of nitrogens with one attached hydrogen (secondary N) is 1. The molecule has 3 aromatic rings. The fourth-order valence-electron chi connectivity index (χ4n) is 6.62. The van der Waals surface area contributed by atoms with Crippen LogP contribution in [-0.2, 0) is 15.0 Å². The van der Waals surface area contributed by atoms with Crippen molar-refractivity contribution in [1.82, 2.24) is 0 Å². The van der Waals surface area contributed by atoms with Crippen LogP contribution in [0.15, 0.2) is 83.3 Å². The molecular weight excluding hydrogens is 540 g/mol. The van der Waals surface area contributed by atoms with Crippen molar-refractivity contribution in [3.63, 3.8) is 0 Å². The molecule has 0 unspecified atom stereocenters. The quantitative estimate of drug-likeness (QED) is 0.370. The molecule has 1 spiro atoms. The third-order valence-corrected chi connectivity index (χ3v) is 8.83. The lowest BCUT2D eigenvalue weighted by molar-refractivity contribution is -0.128. The number of halogens is 1. The highest BCUT2D eigenvalue weighted by atomic mass is 79.9. The predicted octanol–water partition coefficient (Wildman–Crippen LogP) is 6.43. The summed E-state index contributed by atoms with van der Waals surface area (Å²) >= 11 is 3.46. The molecule has 0 aliphatic carbocycles. The van der Waals surface area contributed by atoms with Crippen LogP contribution in [0.2, 0.25) is 0 Å². The van der Waals surface area contributed by atoms with Crippen LogP contribution < -0.4 is 10.2 Å². The molecule has 0 aromatic heterocycles. The Balaban J connectivity index is 1.70. The van der Waals surface area contributed by atoms with Crippen LogP contribution in [0.1, 0.15) is 49.2 Å². The van der Waals surface area contributed by atoms with Crippen LogP contribution >= 0.6 is 15.9 Å². The van der Waals surface area contributed by atoms with Crippen molar-refractivity contribution in [3.05, 3.63) is 100 Å². The van der Waals surface area contributed by atoms with E-state index in [1.807, 2.05) is 88.4 Å². The van der Waals surface area contributed by atoms with Crippen molar-refractivity contribution in [2.24, 2.45) is 11.3 Å². The maximum Gasteiger partial charge on any atom is 0.238 e. The highest BCUT2D eigenvalue weighted by Gasteiger charge is 2.71. The van der Waals surface area contributed by atoms with Crippen molar-refractivity contribution >= 4 is 50.4 Å². The van der Waals surface area contributed by atoms with Gasteiger partial charge in [0.15, 0.2) is 11.6 Å². The average molecular weight is 569 g/mol. The number of para-hydroxylation sites is 2. The number of hydrogen-bond acceptors (Lipinski definition) is 4. The summed E-state index contributed by atoms with van der Waals surface area (Å²) in [6.07, 6.45) is 2.09. The van der Waals surface area contributed by atoms with E-state index >= 15 is 0 Å². The highest BCUT2D eigenvalue weighted by Crippen LogP contribution is 2.59. The van der Waals surface area contributed by atoms with E-state index in [2.05, 4.69) is 32.2 Å². The first-order valence-corrected chi connectivity index (χ1v) is 13.7. The van der Waals surface area contributed by atoms with Gasteiger partial charge in [0, 0.05) is 32.4 Å². The van der Waals surface area contributed by atoms with E-state index in [1.165, 1.54) is 0 Å². The minimum absolute atomic E-state index is 0.0604. The molecule has 3 heterocycles. The monoisotopic (exact) mass is 568 g/mol. The number of amides is 1. The largest absolute Gasteiger partial charge is 0.352 e. The number of hydrogen-bond donors (Lipinski definition) is 1. The molecule has 1 N–H and O–H groups in total. The smallest absolute Gasteiger partial charge is 0.238 e. The second kappa shape index (κ2) is 8.50. The van der Waals surface area contributed by atoms with Gasteiger partial charge in [-0.2, -0.15) is 0 Å². The van der Waals surface area contributed by atoms with Crippen LogP contribution in [0, 0.1) is 11.3 Å². The number of rotatable bonds is 3. The van der Waals surface area contributed by atoms with Gasteiger partial charge < -0.3 is 10.2 Å². The lowest BCUT2D eigenvalue weighted by Crippen LogP contribution is -2.51. The molecule has 0 radical (unpaired) electrons. The number of allylic oxidation sites excluding steroid dienone is 1. The molecule has 3 aliphatic heterocycles. The molecule has 1 saturated heterocycles. The molecule has 1 fully saturated rings. The summed E-state index contributed by atoms with van der Waals surface area (Å²) in [5.41, 5.74) is 2.84. The number of benzene rings is 3. The number of fused-ring (bicyclic) bond motifs is 6. The SMILES string of the molecule is CC1=C[C@H]2N(c3ccccc31)[C@H](C(=O)C(C)(C)C)[C@@H](C(=O)c1ccc(Br)cc1)[C@]21C(=O)Nc2ccccc21. The van der Waals surface area contributed by atoms with Gasteiger partial charge in [0.05, 0.1) is 12.0 Å². The lowest BCUT2D eigenvalue weighted by Gasteiger charge is -2.39. The molecule has 3 aromatic carbocycles. The standard InChI is InChI=1S/C32H29BrN2O3/c1-18-17-25-32(22-10-6-7-11-23(22)34-30(32)38)26(28(36)19-13-15-20(33)16-14-19)27(29(37)31(2,3)4)35(25)24-12-8-5-9-21(18)24/h5-17,25-27H,1-4H3,(H,34,38)/t25-,26+,27+,32-/m1/s1. The van der Waals surface area contributed by atoms with Crippen molar-refractivity contribution in [1.29, 1.82) is 0 Å². The number of carbonyl (C=O) groups excluding carboxylic acids is 3. The summed E-state index contributed by atoms with van der Waals surface area (Å²) < 4.78 is 0.853. The summed E-state index contributed by atoms with van der Waals surface area (Å²) in [6, 6.07) is 21.4. The molecule has 1 amide bonds. The van der Waals surface area contributed by atoms with E-state index in [9.17, 15) is 14.4 Å². The number of Topliss-reactive ketones (excluding diaryl/α,β-unsaturated/α-hetero) is 2. The van der Waals surface area contributed by atoms with Crippen molar-refractivity contribution in [2.45, 2.75) is 45.2 Å². The Morgan fingerprint density at radius 1 is 0.947 bits per heavy atom. The van der Waals surface area contributed by atoms with Gasteiger partial charge in [-0.05, 0) is 42.3 Å². The van der Waals surface area contributed by atoms with Crippen molar-refractivity contribution in [3.8, 4) is 0 Å². The Hall–Kier alpha value is -3.51. The van der Waals surface area contributed by atoms with Gasteiger partial charge >= 0.3 is 0 Å². The number of anilines is 2. The molecule has 38 heavy (non-hydrogen) atoms. The second-order valence-corrected chi connectivity index (χ2v) is 12.4. The van der Waals surface area contributed by atoms with E-state index in [4.69, 9.17) is 0 Å². The topological polar surface area (TPSA) is 66.5 Å². The first kappa shape index (κ1) is 24.8. The zero-order valence-corrected chi connectivity index (χ0v) is 23.4. The van der Waals surface area contributed by atoms with Gasteiger partial charge in [-0.25, -0.2) is 0 Å². The Labute approximate surface area is 231 Å². The van der Waals surface area contributed by atoms with Crippen LogP contribution in [-0.4, -0.2) is 29.6 Å². The minimum atomic E-state index is -1.28. The van der Waals surface area contributed by atoms with Gasteiger partial charge in [0.1, 0.15) is 11.5 Å². The van der Waals surface area contributed by atoms with E-state index in [-0.39, 0.29) is 17.5 Å². The fraction of sp³-hybridized carbons (Fsp3) is 0.281. The second-order valence-electron chi connectivity index (χ2n) is 11.5. The molecule has 6 rings (SSSR count). The third kappa shape index (κ3) is 3.32. The van der Waals surface area contributed by atoms with Crippen molar-refractivity contribution < 1.29 is 14.4 Å². The third-order valence-electron chi connectivity index (χ3n) is 8.30. The van der Waals surface area contributed by atoms with Crippen molar-refractivity contribution in [2.75, 3.05) is 10.2 Å². The maximum atomic E-state index is 14.7. The van der Waals surface area contributed by atoms with Crippen LogP contribution in [0.5, 0.6) is 0 Å². The molecule has 4 atom stereocenters. The summed E-state index contributed by atoms with van der Waals surface area (Å²) in [4.78, 5) is 45.5. The molecule has 3 aliphatic rings. The zero-order valence-electron chi connectivity index (χ0n) is 21.8.